The summed E-state index contributed by atoms with van der Waals surface area (Å²) in [5, 5.41) is 3.10. The fourth-order valence-electron chi connectivity index (χ4n) is 2.82. The van der Waals surface area contributed by atoms with Crippen LogP contribution in [0.5, 0.6) is 5.75 Å². The molecular weight excluding hydrogens is 296 g/mol. The first-order valence-corrected chi connectivity index (χ1v) is 7.65. The number of fused-ring (bicyclic) bond motifs is 1. The lowest BCUT2D eigenvalue weighted by molar-refractivity contribution is 0.157. The molecule has 2 nitrogen and oxygen atoms in total. The van der Waals surface area contributed by atoms with E-state index in [0.717, 1.165) is 11.1 Å². The van der Waals surface area contributed by atoms with Crippen LogP contribution in [0, 0.1) is 11.6 Å². The monoisotopic (exact) mass is 315 g/mol. The lowest BCUT2D eigenvalue weighted by Gasteiger charge is -2.32. The number of rotatable bonds is 3. The third-order valence-electron chi connectivity index (χ3n) is 3.72. The van der Waals surface area contributed by atoms with E-state index in [1.54, 1.807) is 18.2 Å². The Bertz CT molecular complexity index is 764. The molecule has 0 spiro atoms. The topological polar surface area (TPSA) is 21.3 Å². The van der Waals surface area contributed by atoms with Crippen LogP contribution in [-0.2, 0) is 0 Å². The summed E-state index contributed by atoms with van der Waals surface area (Å²) in [7, 11) is 0. The van der Waals surface area contributed by atoms with E-state index in [9.17, 15) is 8.78 Å². The van der Waals surface area contributed by atoms with Crippen molar-refractivity contribution in [3.05, 3.63) is 65.2 Å². The second-order valence-electron chi connectivity index (χ2n) is 6.13. The molecule has 0 aromatic heterocycles. The molecule has 0 atom stereocenters. The van der Waals surface area contributed by atoms with Crippen LogP contribution in [0.4, 0.5) is 14.5 Å². The summed E-state index contributed by atoms with van der Waals surface area (Å²) in [4.78, 5) is 0. The molecule has 0 amide bonds. The van der Waals surface area contributed by atoms with Gasteiger partial charge in [-0.05, 0) is 56.2 Å². The van der Waals surface area contributed by atoms with Crippen LogP contribution in [0.15, 0.2) is 42.5 Å². The van der Waals surface area contributed by atoms with Crippen molar-refractivity contribution in [2.24, 2.45) is 0 Å². The van der Waals surface area contributed by atoms with Gasteiger partial charge in [0, 0.05) is 18.3 Å². The molecule has 0 saturated heterocycles. The Morgan fingerprint density at radius 1 is 1.09 bits per heavy atom. The van der Waals surface area contributed by atoms with Crippen LogP contribution >= 0.6 is 0 Å². The quantitative estimate of drug-likeness (QED) is 0.860. The van der Waals surface area contributed by atoms with Gasteiger partial charge in [-0.1, -0.05) is 12.1 Å². The number of benzene rings is 2. The largest absolute Gasteiger partial charge is 0.483 e. The van der Waals surface area contributed by atoms with Crippen LogP contribution in [0.25, 0.3) is 5.57 Å². The lowest BCUT2D eigenvalue weighted by Crippen LogP contribution is -2.29. The highest BCUT2D eigenvalue weighted by Crippen LogP contribution is 2.42. The fourth-order valence-corrected chi connectivity index (χ4v) is 2.82. The second kappa shape index (κ2) is 5.69. The zero-order valence-corrected chi connectivity index (χ0v) is 13.4. The van der Waals surface area contributed by atoms with Crippen molar-refractivity contribution in [3.63, 3.8) is 0 Å². The van der Waals surface area contributed by atoms with E-state index < -0.39 is 5.60 Å². The normalized spacial score (nSPS) is 15.4. The zero-order chi connectivity index (χ0) is 16.6. The molecule has 2 aromatic carbocycles. The van der Waals surface area contributed by atoms with Gasteiger partial charge in [0.1, 0.15) is 23.0 Å². The minimum atomic E-state index is -0.575. The van der Waals surface area contributed by atoms with Crippen LogP contribution in [0.1, 0.15) is 31.9 Å². The summed E-state index contributed by atoms with van der Waals surface area (Å²) in [5.41, 5.74) is 2.00. The molecule has 0 unspecified atom stereocenters. The van der Waals surface area contributed by atoms with Gasteiger partial charge >= 0.3 is 0 Å². The summed E-state index contributed by atoms with van der Waals surface area (Å²) < 4.78 is 33.8. The SMILES string of the molecule is CCNc1cc(F)c2c(c1)OC(C)(C)C=C2c1ccc(F)cc1. The first-order chi connectivity index (χ1) is 10.9. The predicted molar refractivity (Wildman–Crippen MR) is 88.7 cm³/mol. The number of ether oxygens (including phenoxy) is 1. The molecule has 1 N–H and O–H groups in total. The maximum atomic E-state index is 14.7. The van der Waals surface area contributed by atoms with Gasteiger partial charge in [0.25, 0.3) is 0 Å². The maximum Gasteiger partial charge on any atom is 0.136 e. The van der Waals surface area contributed by atoms with Crippen LogP contribution in [0.2, 0.25) is 0 Å². The summed E-state index contributed by atoms with van der Waals surface area (Å²) in [5.74, 6) is -0.179. The van der Waals surface area contributed by atoms with E-state index in [2.05, 4.69) is 5.32 Å². The molecule has 120 valence electrons. The van der Waals surface area contributed by atoms with E-state index in [-0.39, 0.29) is 11.6 Å². The Labute approximate surface area is 134 Å². The summed E-state index contributed by atoms with van der Waals surface area (Å²) in [6.45, 7) is 6.48. The molecule has 1 aliphatic heterocycles. The molecule has 4 heteroatoms. The van der Waals surface area contributed by atoms with Gasteiger partial charge in [-0.3, -0.25) is 0 Å². The van der Waals surface area contributed by atoms with Gasteiger partial charge in [-0.2, -0.15) is 0 Å². The molecule has 3 rings (SSSR count). The smallest absolute Gasteiger partial charge is 0.136 e. The van der Waals surface area contributed by atoms with Crippen molar-refractivity contribution in [1.29, 1.82) is 0 Å². The van der Waals surface area contributed by atoms with Gasteiger partial charge in [0.05, 0.1) is 5.56 Å². The first-order valence-electron chi connectivity index (χ1n) is 7.65. The van der Waals surface area contributed by atoms with Crippen LogP contribution in [0.3, 0.4) is 0 Å². The third-order valence-corrected chi connectivity index (χ3v) is 3.72. The van der Waals surface area contributed by atoms with Crippen molar-refractivity contribution in [2.45, 2.75) is 26.4 Å². The molecule has 2 aromatic rings. The molecule has 0 radical (unpaired) electrons. The van der Waals surface area contributed by atoms with E-state index >= 15 is 0 Å². The van der Waals surface area contributed by atoms with Crippen molar-refractivity contribution in [3.8, 4) is 5.75 Å². The number of halogens is 2. The van der Waals surface area contributed by atoms with Crippen molar-refractivity contribution in [2.75, 3.05) is 11.9 Å². The molecule has 0 fully saturated rings. The highest BCUT2D eigenvalue weighted by atomic mass is 19.1. The minimum Gasteiger partial charge on any atom is -0.483 e. The van der Waals surface area contributed by atoms with Gasteiger partial charge in [-0.15, -0.1) is 0 Å². The van der Waals surface area contributed by atoms with Gasteiger partial charge in [-0.25, -0.2) is 8.78 Å². The Kier molecular flexibility index (Phi) is 3.84. The number of nitrogens with one attached hydrogen (secondary N) is 1. The van der Waals surface area contributed by atoms with Crippen molar-refractivity contribution >= 4 is 11.3 Å². The Morgan fingerprint density at radius 3 is 2.43 bits per heavy atom. The number of anilines is 1. The second-order valence-corrected chi connectivity index (χ2v) is 6.13. The summed E-state index contributed by atoms with van der Waals surface area (Å²) in [6.07, 6.45) is 1.87. The summed E-state index contributed by atoms with van der Waals surface area (Å²) >= 11 is 0. The van der Waals surface area contributed by atoms with Gasteiger partial charge in [0.2, 0.25) is 0 Å². The highest BCUT2D eigenvalue weighted by Gasteiger charge is 2.30. The van der Waals surface area contributed by atoms with E-state index in [1.807, 2.05) is 26.8 Å². The van der Waals surface area contributed by atoms with Crippen molar-refractivity contribution < 1.29 is 13.5 Å². The molecular formula is C19H19F2NO. The average molecular weight is 315 g/mol. The summed E-state index contributed by atoms with van der Waals surface area (Å²) in [6, 6.07) is 9.34. The average Bonchev–Trinajstić information content (AvgIpc) is 2.46. The first kappa shape index (κ1) is 15.5. The maximum absolute atomic E-state index is 14.7. The Morgan fingerprint density at radius 2 is 1.78 bits per heavy atom. The van der Waals surface area contributed by atoms with E-state index in [1.165, 1.54) is 18.2 Å². The Hall–Kier alpha value is -2.36. The minimum absolute atomic E-state index is 0.316. The van der Waals surface area contributed by atoms with E-state index in [0.29, 0.717) is 23.5 Å². The zero-order valence-electron chi connectivity index (χ0n) is 13.4. The standard InChI is InChI=1S/C19H19F2NO/c1-4-22-14-9-16(21)18-15(12-5-7-13(20)8-6-12)11-19(2,3)23-17(18)10-14/h5-11,22H,4H2,1-3H3. The van der Waals surface area contributed by atoms with Crippen LogP contribution < -0.4 is 10.1 Å². The third kappa shape index (κ3) is 3.07. The van der Waals surface area contributed by atoms with Crippen LogP contribution in [-0.4, -0.2) is 12.1 Å². The predicted octanol–water partition coefficient (Wildman–Crippen LogP) is 5.00. The molecule has 23 heavy (non-hydrogen) atoms. The van der Waals surface area contributed by atoms with Gasteiger partial charge in [0.15, 0.2) is 0 Å². The van der Waals surface area contributed by atoms with E-state index in [4.69, 9.17) is 4.74 Å². The molecule has 1 heterocycles. The lowest BCUT2D eigenvalue weighted by atomic mass is 9.89. The van der Waals surface area contributed by atoms with Crippen molar-refractivity contribution in [1.82, 2.24) is 0 Å². The number of hydrogen-bond acceptors (Lipinski definition) is 2. The fraction of sp³-hybridized carbons (Fsp3) is 0.263. The Balaban J connectivity index is 2.17. The highest BCUT2D eigenvalue weighted by molar-refractivity contribution is 5.86. The molecule has 0 saturated carbocycles. The molecule has 0 bridgehead atoms. The molecule has 1 aliphatic rings. The number of hydrogen-bond donors (Lipinski definition) is 1. The van der Waals surface area contributed by atoms with Gasteiger partial charge < -0.3 is 10.1 Å². The molecule has 0 aliphatic carbocycles.